The minimum atomic E-state index is -0.522. The molecule has 0 radical (unpaired) electrons. The standard InChI is InChI=1S/C16H22O2/c1-7(2)12-10-6-11(15(12)16(17)18)14-9-4-3-8(5-9)13(10)14/h3-4,7-15H,5-6H2,1-2H3,(H,17,18). The van der Waals surface area contributed by atoms with E-state index in [1.807, 2.05) is 0 Å². The maximum atomic E-state index is 11.7. The number of fused-ring (bicyclic) bond motifs is 9. The molecule has 4 bridgehead atoms. The van der Waals surface area contributed by atoms with Crippen molar-refractivity contribution < 1.29 is 9.90 Å². The molecule has 4 rings (SSSR count). The number of hydrogen-bond acceptors (Lipinski definition) is 1. The van der Waals surface area contributed by atoms with Crippen molar-refractivity contribution in [2.75, 3.05) is 0 Å². The van der Waals surface area contributed by atoms with Gasteiger partial charge in [0.15, 0.2) is 0 Å². The van der Waals surface area contributed by atoms with Gasteiger partial charge in [0.05, 0.1) is 5.92 Å². The van der Waals surface area contributed by atoms with Gasteiger partial charge in [-0.3, -0.25) is 4.79 Å². The van der Waals surface area contributed by atoms with E-state index >= 15 is 0 Å². The van der Waals surface area contributed by atoms with Crippen LogP contribution < -0.4 is 0 Å². The zero-order valence-electron chi connectivity index (χ0n) is 11.1. The van der Waals surface area contributed by atoms with Gasteiger partial charge in [-0.1, -0.05) is 26.0 Å². The second-order valence-electron chi connectivity index (χ2n) is 7.35. The first-order valence-electron chi connectivity index (χ1n) is 7.50. The first kappa shape index (κ1) is 11.1. The van der Waals surface area contributed by atoms with Crippen molar-refractivity contribution in [1.82, 2.24) is 0 Å². The maximum Gasteiger partial charge on any atom is 0.307 e. The van der Waals surface area contributed by atoms with Crippen LogP contribution in [0.1, 0.15) is 26.7 Å². The lowest BCUT2D eigenvalue weighted by Gasteiger charge is -2.42. The molecule has 3 saturated carbocycles. The van der Waals surface area contributed by atoms with Crippen LogP contribution in [0.4, 0.5) is 0 Å². The highest BCUT2D eigenvalue weighted by Crippen LogP contribution is 2.69. The first-order valence-corrected chi connectivity index (χ1v) is 7.50. The monoisotopic (exact) mass is 246 g/mol. The van der Waals surface area contributed by atoms with Gasteiger partial charge in [-0.25, -0.2) is 0 Å². The zero-order valence-corrected chi connectivity index (χ0v) is 11.1. The summed E-state index contributed by atoms with van der Waals surface area (Å²) in [6, 6.07) is 0. The van der Waals surface area contributed by atoms with Gasteiger partial charge < -0.3 is 5.11 Å². The Morgan fingerprint density at radius 2 is 1.72 bits per heavy atom. The van der Waals surface area contributed by atoms with E-state index < -0.39 is 5.97 Å². The third-order valence-electron chi connectivity index (χ3n) is 6.54. The fourth-order valence-electron chi connectivity index (χ4n) is 6.34. The largest absolute Gasteiger partial charge is 0.481 e. The molecule has 3 fully saturated rings. The molecule has 4 aliphatic carbocycles. The van der Waals surface area contributed by atoms with Gasteiger partial charge in [0.1, 0.15) is 0 Å². The third kappa shape index (κ3) is 1.13. The highest BCUT2D eigenvalue weighted by Gasteiger charge is 2.66. The van der Waals surface area contributed by atoms with Crippen LogP contribution in [0.5, 0.6) is 0 Å². The number of rotatable bonds is 2. The quantitative estimate of drug-likeness (QED) is 0.600. The third-order valence-corrected chi connectivity index (χ3v) is 6.54. The van der Waals surface area contributed by atoms with Gasteiger partial charge in [-0.15, -0.1) is 0 Å². The fraction of sp³-hybridized carbons (Fsp3) is 0.812. The Morgan fingerprint density at radius 1 is 1.11 bits per heavy atom. The van der Waals surface area contributed by atoms with Crippen LogP contribution in [-0.2, 0) is 4.79 Å². The first-order chi connectivity index (χ1) is 8.59. The number of carboxylic acid groups (broad SMARTS) is 1. The van der Waals surface area contributed by atoms with E-state index in [0.29, 0.717) is 35.5 Å². The lowest BCUT2D eigenvalue weighted by molar-refractivity contribution is -0.148. The van der Waals surface area contributed by atoms with Crippen molar-refractivity contribution in [2.45, 2.75) is 26.7 Å². The minimum Gasteiger partial charge on any atom is -0.481 e. The molecule has 0 aromatic heterocycles. The van der Waals surface area contributed by atoms with E-state index in [4.69, 9.17) is 0 Å². The van der Waals surface area contributed by atoms with Crippen molar-refractivity contribution in [1.29, 1.82) is 0 Å². The fourth-order valence-corrected chi connectivity index (χ4v) is 6.34. The normalized spacial score (nSPS) is 55.5. The summed E-state index contributed by atoms with van der Waals surface area (Å²) >= 11 is 0. The van der Waals surface area contributed by atoms with Gasteiger partial charge in [-0.2, -0.15) is 0 Å². The summed E-state index contributed by atoms with van der Waals surface area (Å²) in [4.78, 5) is 11.7. The van der Waals surface area contributed by atoms with Gasteiger partial charge in [0.25, 0.3) is 0 Å². The Hall–Kier alpha value is -0.790. The molecule has 98 valence electrons. The number of aliphatic carboxylic acids is 1. The highest BCUT2D eigenvalue weighted by atomic mass is 16.4. The van der Waals surface area contributed by atoms with Crippen LogP contribution in [0, 0.1) is 53.3 Å². The molecule has 0 saturated heterocycles. The van der Waals surface area contributed by atoms with Crippen LogP contribution in [-0.4, -0.2) is 11.1 Å². The summed E-state index contributed by atoms with van der Waals surface area (Å²) < 4.78 is 0. The van der Waals surface area contributed by atoms with E-state index in [9.17, 15) is 9.90 Å². The highest BCUT2D eigenvalue weighted by molar-refractivity contribution is 5.72. The molecule has 1 N–H and O–H groups in total. The topological polar surface area (TPSA) is 37.3 Å². The van der Waals surface area contributed by atoms with Crippen LogP contribution >= 0.6 is 0 Å². The Labute approximate surface area is 108 Å². The Morgan fingerprint density at radius 3 is 2.28 bits per heavy atom. The van der Waals surface area contributed by atoms with Gasteiger partial charge >= 0.3 is 5.97 Å². The van der Waals surface area contributed by atoms with Crippen LogP contribution in [0.15, 0.2) is 12.2 Å². The second kappa shape index (κ2) is 3.40. The molecule has 4 aliphatic rings. The molecule has 0 aliphatic heterocycles. The molecule has 8 unspecified atom stereocenters. The van der Waals surface area contributed by atoms with Crippen LogP contribution in [0.2, 0.25) is 0 Å². The van der Waals surface area contributed by atoms with E-state index in [2.05, 4.69) is 26.0 Å². The predicted octanol–water partition coefficient (Wildman–Crippen LogP) is 3.05. The van der Waals surface area contributed by atoms with Crippen molar-refractivity contribution >= 4 is 5.97 Å². The van der Waals surface area contributed by atoms with Crippen molar-refractivity contribution in [3.05, 3.63) is 12.2 Å². The molecule has 0 heterocycles. The van der Waals surface area contributed by atoms with Gasteiger partial charge in [0, 0.05) is 0 Å². The number of carboxylic acids is 1. The number of allylic oxidation sites excluding steroid dienone is 2. The summed E-state index contributed by atoms with van der Waals surface area (Å²) in [5, 5.41) is 9.63. The molecule has 2 nitrogen and oxygen atoms in total. The molecule has 2 heteroatoms. The average molecular weight is 246 g/mol. The van der Waals surface area contributed by atoms with Crippen molar-refractivity contribution in [3.63, 3.8) is 0 Å². The molecule has 0 aromatic rings. The van der Waals surface area contributed by atoms with E-state index in [0.717, 1.165) is 11.8 Å². The predicted molar refractivity (Wildman–Crippen MR) is 68.8 cm³/mol. The van der Waals surface area contributed by atoms with E-state index in [1.165, 1.54) is 12.8 Å². The second-order valence-corrected chi connectivity index (χ2v) is 7.35. The van der Waals surface area contributed by atoms with Crippen molar-refractivity contribution in [2.24, 2.45) is 53.3 Å². The van der Waals surface area contributed by atoms with Crippen LogP contribution in [0.25, 0.3) is 0 Å². The van der Waals surface area contributed by atoms with Gasteiger partial charge in [-0.05, 0) is 60.2 Å². The molecular formula is C16H22O2. The summed E-state index contributed by atoms with van der Waals surface area (Å²) in [6.45, 7) is 4.44. The Bertz CT molecular complexity index is 425. The minimum absolute atomic E-state index is 0.0519. The number of carbonyl (C=O) groups is 1. The summed E-state index contributed by atoms with van der Waals surface area (Å²) in [5.74, 6) is 4.58. The molecule has 0 spiro atoms. The summed E-state index contributed by atoms with van der Waals surface area (Å²) in [7, 11) is 0. The van der Waals surface area contributed by atoms with E-state index in [1.54, 1.807) is 0 Å². The van der Waals surface area contributed by atoms with E-state index in [-0.39, 0.29) is 5.92 Å². The number of hydrogen-bond donors (Lipinski definition) is 1. The Kier molecular flexibility index (Phi) is 2.09. The molecular weight excluding hydrogens is 224 g/mol. The Balaban J connectivity index is 1.74. The lowest BCUT2D eigenvalue weighted by Crippen LogP contribution is -2.42. The lowest BCUT2D eigenvalue weighted by atomic mass is 9.62. The summed E-state index contributed by atoms with van der Waals surface area (Å²) in [6.07, 6.45) is 7.33. The average Bonchev–Trinajstić information content (AvgIpc) is 3.04. The molecule has 0 amide bonds. The maximum absolute atomic E-state index is 11.7. The smallest absolute Gasteiger partial charge is 0.307 e. The zero-order chi connectivity index (χ0) is 12.6. The summed E-state index contributed by atoms with van der Waals surface area (Å²) in [5.41, 5.74) is 0. The van der Waals surface area contributed by atoms with Crippen molar-refractivity contribution in [3.8, 4) is 0 Å². The van der Waals surface area contributed by atoms with Crippen LogP contribution in [0.3, 0.4) is 0 Å². The SMILES string of the molecule is CC(C)C1C2CC(C1C(=O)O)C1C3C=CC(C3)C21. The molecule has 0 aromatic carbocycles. The molecule has 8 atom stereocenters. The molecule has 18 heavy (non-hydrogen) atoms. The van der Waals surface area contributed by atoms with Gasteiger partial charge in [0.2, 0.25) is 0 Å².